The van der Waals surface area contributed by atoms with Gasteiger partial charge in [0.25, 0.3) is 5.91 Å². The number of nitrogens with zero attached hydrogens (tertiary/aromatic N) is 2. The van der Waals surface area contributed by atoms with Crippen LogP contribution >= 0.6 is 0 Å². The van der Waals surface area contributed by atoms with E-state index in [9.17, 15) is 14.7 Å². The van der Waals surface area contributed by atoms with E-state index in [1.165, 1.54) is 25.7 Å². The highest BCUT2D eigenvalue weighted by molar-refractivity contribution is 5.94. The lowest BCUT2D eigenvalue weighted by molar-refractivity contribution is -0.134. The highest BCUT2D eigenvalue weighted by Crippen LogP contribution is 2.44. The molecule has 152 valence electrons. The number of aliphatic hydroxyl groups is 1. The number of carbonyl (C=O) groups excluding carboxylic acids is 2. The average molecular weight is 385 g/mol. The Morgan fingerprint density at radius 1 is 1.07 bits per heavy atom. The van der Waals surface area contributed by atoms with Crippen LogP contribution in [0.15, 0.2) is 30.3 Å². The van der Waals surface area contributed by atoms with E-state index in [0.717, 1.165) is 32.4 Å². The molecule has 3 fully saturated rings. The molecule has 1 aliphatic carbocycles. The van der Waals surface area contributed by atoms with Crippen LogP contribution in [-0.4, -0.2) is 59.0 Å². The number of rotatable bonds is 4. The smallest absolute Gasteiger partial charge is 0.254 e. The zero-order valence-electron chi connectivity index (χ0n) is 16.7. The van der Waals surface area contributed by atoms with E-state index < -0.39 is 0 Å². The summed E-state index contributed by atoms with van der Waals surface area (Å²) in [7, 11) is 0. The van der Waals surface area contributed by atoms with Crippen LogP contribution in [0.4, 0.5) is 0 Å². The van der Waals surface area contributed by atoms with Crippen molar-refractivity contribution >= 4 is 11.8 Å². The maximum atomic E-state index is 13.0. The molecule has 0 bridgehead atoms. The van der Waals surface area contributed by atoms with Crippen LogP contribution < -0.4 is 0 Å². The molecule has 2 aliphatic heterocycles. The van der Waals surface area contributed by atoms with Gasteiger partial charge in [-0.05, 0) is 55.6 Å². The fourth-order valence-electron chi connectivity index (χ4n) is 5.50. The van der Waals surface area contributed by atoms with E-state index in [2.05, 4.69) is 0 Å². The fourth-order valence-corrected chi connectivity index (χ4v) is 5.50. The van der Waals surface area contributed by atoms with Gasteiger partial charge < -0.3 is 14.9 Å². The third kappa shape index (κ3) is 3.95. The van der Waals surface area contributed by atoms with Crippen molar-refractivity contribution in [3.8, 4) is 0 Å². The van der Waals surface area contributed by atoms with Gasteiger partial charge in [-0.15, -0.1) is 0 Å². The largest absolute Gasteiger partial charge is 0.394 e. The van der Waals surface area contributed by atoms with E-state index in [1.807, 2.05) is 40.1 Å². The number of piperidine rings is 1. The molecule has 4 rings (SSSR count). The predicted molar refractivity (Wildman–Crippen MR) is 108 cm³/mol. The van der Waals surface area contributed by atoms with Gasteiger partial charge in [-0.1, -0.05) is 31.0 Å². The van der Waals surface area contributed by atoms with Crippen molar-refractivity contribution in [2.24, 2.45) is 11.3 Å². The van der Waals surface area contributed by atoms with Gasteiger partial charge in [-0.25, -0.2) is 0 Å². The Bertz CT molecular complexity index is 691. The molecule has 28 heavy (non-hydrogen) atoms. The van der Waals surface area contributed by atoms with Crippen LogP contribution in [0.5, 0.6) is 0 Å². The number of hydrogen-bond acceptors (Lipinski definition) is 3. The molecule has 1 N–H and O–H groups in total. The minimum Gasteiger partial charge on any atom is -0.394 e. The second-order valence-electron chi connectivity index (χ2n) is 9.07. The summed E-state index contributed by atoms with van der Waals surface area (Å²) in [4.78, 5) is 29.5. The molecule has 1 spiro atoms. The average Bonchev–Trinajstić information content (AvgIpc) is 3.36. The van der Waals surface area contributed by atoms with Gasteiger partial charge in [-0.2, -0.15) is 0 Å². The molecule has 5 nitrogen and oxygen atoms in total. The minimum atomic E-state index is -0.117. The first-order chi connectivity index (χ1) is 13.6. The molecule has 1 atom stereocenters. The normalized spacial score (nSPS) is 24.8. The number of likely N-dealkylation sites (tertiary alicyclic amines) is 2. The Balaban J connectivity index is 1.37. The van der Waals surface area contributed by atoms with Gasteiger partial charge in [0.15, 0.2) is 0 Å². The number of amides is 2. The maximum Gasteiger partial charge on any atom is 0.254 e. The van der Waals surface area contributed by atoms with Crippen molar-refractivity contribution < 1.29 is 14.7 Å². The first-order valence-corrected chi connectivity index (χ1v) is 10.8. The van der Waals surface area contributed by atoms with Crippen LogP contribution in [0.3, 0.4) is 0 Å². The minimum absolute atomic E-state index is 0.00461. The topological polar surface area (TPSA) is 60.9 Å². The molecular formula is C23H32N2O3. The van der Waals surface area contributed by atoms with Crippen LogP contribution in [0.1, 0.15) is 61.7 Å². The lowest BCUT2D eigenvalue weighted by atomic mass is 9.76. The number of benzene rings is 1. The molecule has 1 aromatic carbocycles. The Morgan fingerprint density at radius 3 is 2.39 bits per heavy atom. The third-order valence-electron chi connectivity index (χ3n) is 7.22. The predicted octanol–water partition coefficient (Wildman–Crippen LogP) is 3.08. The van der Waals surface area contributed by atoms with E-state index >= 15 is 0 Å². The summed E-state index contributed by atoms with van der Waals surface area (Å²) < 4.78 is 0. The van der Waals surface area contributed by atoms with Gasteiger partial charge >= 0.3 is 0 Å². The van der Waals surface area contributed by atoms with Crippen molar-refractivity contribution in [2.75, 3.05) is 26.2 Å². The SMILES string of the molecule is O=C(CC1CCCC1)N1CCC2(CC1)CC(CO)N(C(=O)c1ccccc1)C2. The van der Waals surface area contributed by atoms with Crippen molar-refractivity contribution in [1.29, 1.82) is 0 Å². The number of aliphatic hydroxyl groups excluding tert-OH is 1. The first-order valence-electron chi connectivity index (χ1n) is 10.8. The van der Waals surface area contributed by atoms with Crippen molar-refractivity contribution in [3.63, 3.8) is 0 Å². The molecule has 3 aliphatic rings. The van der Waals surface area contributed by atoms with E-state index in [0.29, 0.717) is 30.4 Å². The lowest BCUT2D eigenvalue weighted by Gasteiger charge is -2.39. The molecule has 2 amide bonds. The second kappa shape index (κ2) is 8.24. The van der Waals surface area contributed by atoms with Gasteiger partial charge in [0, 0.05) is 31.6 Å². The highest BCUT2D eigenvalue weighted by Gasteiger charge is 2.47. The number of hydrogen-bond donors (Lipinski definition) is 1. The Morgan fingerprint density at radius 2 is 1.75 bits per heavy atom. The summed E-state index contributed by atoms with van der Waals surface area (Å²) in [5, 5.41) is 9.89. The van der Waals surface area contributed by atoms with Crippen LogP contribution in [-0.2, 0) is 4.79 Å². The van der Waals surface area contributed by atoms with Crippen molar-refractivity contribution in [2.45, 2.75) is 57.4 Å². The van der Waals surface area contributed by atoms with Gasteiger partial charge in [0.05, 0.1) is 12.6 Å². The molecule has 1 unspecified atom stereocenters. The van der Waals surface area contributed by atoms with E-state index in [1.54, 1.807) is 0 Å². The Kier molecular flexibility index (Phi) is 5.72. The molecule has 0 radical (unpaired) electrons. The summed E-state index contributed by atoms with van der Waals surface area (Å²) in [6.45, 7) is 2.27. The zero-order valence-corrected chi connectivity index (χ0v) is 16.7. The molecular weight excluding hydrogens is 352 g/mol. The zero-order chi connectivity index (χ0) is 19.6. The van der Waals surface area contributed by atoms with Gasteiger partial charge in [0.2, 0.25) is 5.91 Å². The molecule has 1 aromatic rings. The summed E-state index contributed by atoms with van der Waals surface area (Å²) in [5.74, 6) is 0.916. The number of carbonyl (C=O) groups is 2. The van der Waals surface area contributed by atoms with Gasteiger partial charge in [-0.3, -0.25) is 9.59 Å². The molecule has 2 heterocycles. The Hall–Kier alpha value is -1.88. The van der Waals surface area contributed by atoms with Crippen LogP contribution in [0.2, 0.25) is 0 Å². The highest BCUT2D eigenvalue weighted by atomic mass is 16.3. The monoisotopic (exact) mass is 384 g/mol. The van der Waals surface area contributed by atoms with Crippen LogP contribution in [0, 0.1) is 11.3 Å². The summed E-state index contributed by atoms with van der Waals surface area (Å²) in [6, 6.07) is 9.22. The van der Waals surface area contributed by atoms with Crippen LogP contribution in [0.25, 0.3) is 0 Å². The van der Waals surface area contributed by atoms with Gasteiger partial charge in [0.1, 0.15) is 0 Å². The Labute approximate surface area is 167 Å². The lowest BCUT2D eigenvalue weighted by Crippen LogP contribution is -2.45. The van der Waals surface area contributed by atoms with E-state index in [4.69, 9.17) is 0 Å². The quantitative estimate of drug-likeness (QED) is 0.868. The first kappa shape index (κ1) is 19.4. The second-order valence-corrected chi connectivity index (χ2v) is 9.07. The van der Waals surface area contributed by atoms with Crippen molar-refractivity contribution in [3.05, 3.63) is 35.9 Å². The van der Waals surface area contributed by atoms with Crippen molar-refractivity contribution in [1.82, 2.24) is 9.80 Å². The third-order valence-corrected chi connectivity index (χ3v) is 7.22. The molecule has 0 aromatic heterocycles. The molecule has 5 heteroatoms. The molecule has 2 saturated heterocycles. The summed E-state index contributed by atoms with van der Waals surface area (Å²) in [6.07, 6.45) is 8.37. The van der Waals surface area contributed by atoms with E-state index in [-0.39, 0.29) is 24.0 Å². The molecule has 1 saturated carbocycles. The standard InChI is InChI=1S/C23H32N2O3/c26-16-20-15-23(17-25(20)22(28)19-8-2-1-3-9-19)10-12-24(13-11-23)21(27)14-18-6-4-5-7-18/h1-3,8-9,18,20,26H,4-7,10-17H2. The fraction of sp³-hybridized carbons (Fsp3) is 0.652. The maximum absolute atomic E-state index is 13.0. The summed E-state index contributed by atoms with van der Waals surface area (Å²) >= 11 is 0. The summed E-state index contributed by atoms with van der Waals surface area (Å²) in [5.41, 5.74) is 0.726.